The van der Waals surface area contributed by atoms with E-state index in [0.717, 1.165) is 26.2 Å². The van der Waals surface area contributed by atoms with Crippen molar-refractivity contribution in [2.45, 2.75) is 6.10 Å². The molecule has 6 heteroatoms. The minimum atomic E-state index is -2.85. The summed E-state index contributed by atoms with van der Waals surface area (Å²) in [4.78, 5) is 2.21. The van der Waals surface area contributed by atoms with Crippen molar-refractivity contribution < 1.29 is 13.2 Å². The molecule has 1 heterocycles. The fourth-order valence-electron chi connectivity index (χ4n) is 1.51. The lowest BCUT2D eigenvalue weighted by molar-refractivity contribution is -0.0178. The summed E-state index contributed by atoms with van der Waals surface area (Å²) in [5.74, 6) is 0.190. The third kappa shape index (κ3) is 6.09. The van der Waals surface area contributed by atoms with E-state index in [1.807, 2.05) is 0 Å². The predicted octanol–water partition coefficient (Wildman–Crippen LogP) is -1.05. The second-order valence-electron chi connectivity index (χ2n) is 4.09. The van der Waals surface area contributed by atoms with Gasteiger partial charge in [0.1, 0.15) is 9.84 Å². The van der Waals surface area contributed by atoms with Crippen molar-refractivity contribution in [3.05, 3.63) is 0 Å². The van der Waals surface area contributed by atoms with Crippen LogP contribution in [0.4, 0.5) is 0 Å². The Morgan fingerprint density at radius 1 is 1.53 bits per heavy atom. The van der Waals surface area contributed by atoms with Gasteiger partial charge in [0.25, 0.3) is 0 Å². The van der Waals surface area contributed by atoms with Crippen LogP contribution < -0.4 is 5.32 Å². The van der Waals surface area contributed by atoms with Gasteiger partial charge in [-0.15, -0.1) is 0 Å². The molecule has 1 aliphatic heterocycles. The van der Waals surface area contributed by atoms with Crippen molar-refractivity contribution in [1.29, 1.82) is 0 Å². The number of nitrogens with one attached hydrogen (secondary N) is 1. The number of likely N-dealkylation sites (N-methyl/N-ethyl adjacent to an activating group) is 1. The Morgan fingerprint density at radius 3 is 2.87 bits per heavy atom. The topological polar surface area (TPSA) is 58.6 Å². The van der Waals surface area contributed by atoms with E-state index in [1.165, 1.54) is 6.26 Å². The summed E-state index contributed by atoms with van der Waals surface area (Å²) in [7, 11) is -0.790. The third-order valence-corrected chi connectivity index (χ3v) is 3.31. The van der Waals surface area contributed by atoms with Gasteiger partial charge in [-0.05, 0) is 7.05 Å². The molecule has 0 aromatic rings. The first kappa shape index (κ1) is 12.9. The average molecular weight is 236 g/mol. The maximum absolute atomic E-state index is 10.9. The molecule has 0 radical (unpaired) electrons. The molecule has 5 nitrogen and oxygen atoms in total. The smallest absolute Gasteiger partial charge is 0.148 e. The molecule has 0 amide bonds. The highest BCUT2D eigenvalue weighted by Gasteiger charge is 2.16. The Labute approximate surface area is 91.7 Å². The fraction of sp³-hybridized carbons (Fsp3) is 1.00. The number of rotatable bonds is 5. The first-order valence-corrected chi connectivity index (χ1v) is 7.22. The van der Waals surface area contributed by atoms with Crippen LogP contribution in [0.3, 0.4) is 0 Å². The quantitative estimate of drug-likeness (QED) is 0.617. The first-order chi connectivity index (χ1) is 6.97. The van der Waals surface area contributed by atoms with Crippen molar-refractivity contribution >= 4 is 9.84 Å². The lowest BCUT2D eigenvalue weighted by Gasteiger charge is -2.30. The van der Waals surface area contributed by atoms with E-state index in [2.05, 4.69) is 17.3 Å². The maximum atomic E-state index is 10.9. The summed E-state index contributed by atoms with van der Waals surface area (Å²) >= 11 is 0. The van der Waals surface area contributed by atoms with Gasteiger partial charge in [-0.1, -0.05) is 0 Å². The molecule has 0 aromatic heterocycles. The molecule has 0 aliphatic carbocycles. The molecule has 1 fully saturated rings. The molecule has 1 atom stereocenters. The van der Waals surface area contributed by atoms with Crippen LogP contribution >= 0.6 is 0 Å². The van der Waals surface area contributed by atoms with Gasteiger partial charge in [-0.25, -0.2) is 8.42 Å². The van der Waals surface area contributed by atoms with E-state index < -0.39 is 9.84 Å². The molecule has 15 heavy (non-hydrogen) atoms. The second-order valence-corrected chi connectivity index (χ2v) is 6.35. The fourth-order valence-corrected chi connectivity index (χ4v) is 2.03. The Bertz CT molecular complexity index is 279. The van der Waals surface area contributed by atoms with Crippen molar-refractivity contribution in [1.82, 2.24) is 10.2 Å². The maximum Gasteiger partial charge on any atom is 0.148 e. The summed E-state index contributed by atoms with van der Waals surface area (Å²) in [6, 6.07) is 0. The second kappa shape index (κ2) is 5.79. The SMILES string of the molecule is CN1CCOC(CNCCS(C)(=O)=O)C1. The van der Waals surface area contributed by atoms with E-state index in [0.29, 0.717) is 6.54 Å². The zero-order valence-electron chi connectivity index (χ0n) is 9.40. The van der Waals surface area contributed by atoms with Gasteiger partial charge in [-0.3, -0.25) is 0 Å². The normalized spacial score (nSPS) is 24.3. The van der Waals surface area contributed by atoms with E-state index in [-0.39, 0.29) is 11.9 Å². The minimum absolute atomic E-state index is 0.184. The van der Waals surface area contributed by atoms with E-state index in [9.17, 15) is 8.42 Å². The molecule has 1 N–H and O–H groups in total. The molecule has 0 aromatic carbocycles. The first-order valence-electron chi connectivity index (χ1n) is 5.16. The number of hydrogen-bond acceptors (Lipinski definition) is 5. The van der Waals surface area contributed by atoms with Crippen molar-refractivity contribution in [2.75, 3.05) is 51.8 Å². The zero-order valence-corrected chi connectivity index (χ0v) is 10.2. The van der Waals surface area contributed by atoms with Crippen LogP contribution in [0.1, 0.15) is 0 Å². The summed E-state index contributed by atoms with van der Waals surface area (Å²) in [5.41, 5.74) is 0. The summed E-state index contributed by atoms with van der Waals surface area (Å²) in [6.07, 6.45) is 1.43. The Hall–Kier alpha value is -0.170. The third-order valence-electron chi connectivity index (χ3n) is 2.36. The van der Waals surface area contributed by atoms with Gasteiger partial charge in [-0.2, -0.15) is 0 Å². The van der Waals surface area contributed by atoms with E-state index >= 15 is 0 Å². The molecule has 1 saturated heterocycles. The molecule has 90 valence electrons. The molecular formula is C9H20N2O3S. The van der Waals surface area contributed by atoms with Crippen LogP contribution in [0.5, 0.6) is 0 Å². The molecule has 0 bridgehead atoms. The van der Waals surface area contributed by atoms with Crippen LogP contribution in [-0.4, -0.2) is 71.3 Å². The number of ether oxygens (including phenoxy) is 1. The standard InChI is InChI=1S/C9H20N2O3S/c1-11-4-5-14-9(8-11)7-10-3-6-15(2,12)13/h9-10H,3-8H2,1-2H3. The van der Waals surface area contributed by atoms with Gasteiger partial charge in [0.05, 0.1) is 18.5 Å². The molecule has 1 aliphatic rings. The van der Waals surface area contributed by atoms with Gasteiger partial charge in [0.15, 0.2) is 0 Å². The largest absolute Gasteiger partial charge is 0.374 e. The Morgan fingerprint density at radius 2 is 2.27 bits per heavy atom. The number of morpholine rings is 1. The average Bonchev–Trinajstić information content (AvgIpc) is 2.11. The van der Waals surface area contributed by atoms with Crippen molar-refractivity contribution in [2.24, 2.45) is 0 Å². The number of nitrogens with zero attached hydrogens (tertiary/aromatic N) is 1. The van der Waals surface area contributed by atoms with Crippen LogP contribution in [0.15, 0.2) is 0 Å². The summed E-state index contributed by atoms with van der Waals surface area (Å²) in [5, 5.41) is 3.10. The van der Waals surface area contributed by atoms with Gasteiger partial charge < -0.3 is 15.0 Å². The van der Waals surface area contributed by atoms with Crippen LogP contribution in [-0.2, 0) is 14.6 Å². The summed E-state index contributed by atoms with van der Waals surface area (Å²) < 4.78 is 27.2. The van der Waals surface area contributed by atoms with Gasteiger partial charge in [0.2, 0.25) is 0 Å². The highest BCUT2D eigenvalue weighted by atomic mass is 32.2. The van der Waals surface area contributed by atoms with Crippen LogP contribution in [0.25, 0.3) is 0 Å². The minimum Gasteiger partial charge on any atom is -0.374 e. The number of sulfone groups is 1. The highest BCUT2D eigenvalue weighted by Crippen LogP contribution is 2.01. The van der Waals surface area contributed by atoms with Crippen LogP contribution in [0.2, 0.25) is 0 Å². The Kier molecular flexibility index (Phi) is 4.98. The lowest BCUT2D eigenvalue weighted by atomic mass is 10.3. The van der Waals surface area contributed by atoms with Crippen molar-refractivity contribution in [3.8, 4) is 0 Å². The molecule has 0 spiro atoms. The Balaban J connectivity index is 2.09. The lowest BCUT2D eigenvalue weighted by Crippen LogP contribution is -2.45. The molecular weight excluding hydrogens is 216 g/mol. The molecule has 1 rings (SSSR count). The summed E-state index contributed by atoms with van der Waals surface area (Å²) in [6.45, 7) is 3.86. The number of hydrogen-bond donors (Lipinski definition) is 1. The monoisotopic (exact) mass is 236 g/mol. The van der Waals surface area contributed by atoms with Crippen molar-refractivity contribution in [3.63, 3.8) is 0 Å². The van der Waals surface area contributed by atoms with E-state index in [4.69, 9.17) is 4.74 Å². The van der Waals surface area contributed by atoms with E-state index in [1.54, 1.807) is 0 Å². The van der Waals surface area contributed by atoms with Gasteiger partial charge >= 0.3 is 0 Å². The molecule has 1 unspecified atom stereocenters. The van der Waals surface area contributed by atoms with Crippen LogP contribution in [0, 0.1) is 0 Å². The highest BCUT2D eigenvalue weighted by molar-refractivity contribution is 7.90. The van der Waals surface area contributed by atoms with Gasteiger partial charge in [0, 0.05) is 32.4 Å². The predicted molar refractivity (Wildman–Crippen MR) is 59.8 cm³/mol. The zero-order chi connectivity index (χ0) is 11.3. The molecule has 0 saturated carbocycles.